The van der Waals surface area contributed by atoms with Crippen molar-refractivity contribution >= 4 is 34.0 Å². The minimum absolute atomic E-state index is 0.166. The lowest BCUT2D eigenvalue weighted by molar-refractivity contribution is 0.0147. The maximum Gasteiger partial charge on any atom is 0.335 e. The number of thiazole rings is 1. The molecule has 2 aromatic heterocycles. The standard InChI is InChI=1S/C31H30ClN3O4S/c1-17-3-2-4-25(32)27(17)28-24(29(39-34-28)19-7-8-19)15-38-23-13-21-11-12-22(14-23)35(21)31-33-26(16-40-31)18-5-9-20(10-6-18)30(36)37/h2-6,9-10,16,19,21-23H,7-8,11-15H2,1H3,(H,36,37)/t21-,22+,23?. The topological polar surface area (TPSA) is 88.7 Å². The summed E-state index contributed by atoms with van der Waals surface area (Å²) >= 11 is 8.27. The fourth-order valence-corrected chi connectivity index (χ4v) is 7.62. The third kappa shape index (κ3) is 4.72. The number of benzene rings is 2. The summed E-state index contributed by atoms with van der Waals surface area (Å²) in [5.74, 6) is 0.469. The number of nitrogens with zero attached hydrogens (tertiary/aromatic N) is 3. The Morgan fingerprint density at radius 3 is 2.55 bits per heavy atom. The molecule has 4 aromatic rings. The molecule has 2 aromatic carbocycles. The van der Waals surface area contributed by atoms with Gasteiger partial charge in [-0.2, -0.15) is 0 Å². The predicted molar refractivity (Wildman–Crippen MR) is 155 cm³/mol. The summed E-state index contributed by atoms with van der Waals surface area (Å²) < 4.78 is 12.5. The molecule has 7 nitrogen and oxygen atoms in total. The van der Waals surface area contributed by atoms with Crippen LogP contribution in [0.5, 0.6) is 0 Å². The largest absolute Gasteiger partial charge is 0.478 e. The van der Waals surface area contributed by atoms with E-state index in [1.807, 2.05) is 24.3 Å². The summed E-state index contributed by atoms with van der Waals surface area (Å²) in [6.45, 7) is 2.53. The van der Waals surface area contributed by atoms with Gasteiger partial charge in [-0.3, -0.25) is 0 Å². The Morgan fingerprint density at radius 2 is 1.88 bits per heavy atom. The summed E-state index contributed by atoms with van der Waals surface area (Å²) in [4.78, 5) is 18.6. The average molecular weight is 576 g/mol. The smallest absolute Gasteiger partial charge is 0.335 e. The number of carboxylic acid groups (broad SMARTS) is 1. The first-order valence-electron chi connectivity index (χ1n) is 13.9. The van der Waals surface area contributed by atoms with E-state index in [0.717, 1.165) is 83.1 Å². The van der Waals surface area contributed by atoms with Crippen molar-refractivity contribution < 1.29 is 19.2 Å². The number of carboxylic acids is 1. The number of piperidine rings is 1. The number of halogens is 1. The number of aryl methyl sites for hydroxylation is 1. The first-order chi connectivity index (χ1) is 19.5. The third-order valence-corrected chi connectivity index (χ3v) is 9.69. The molecule has 1 unspecified atom stereocenters. The molecular formula is C31H30ClN3O4S. The van der Waals surface area contributed by atoms with Gasteiger partial charge >= 0.3 is 5.97 Å². The zero-order chi connectivity index (χ0) is 27.4. The first kappa shape index (κ1) is 25.7. The van der Waals surface area contributed by atoms with E-state index in [1.54, 1.807) is 23.5 Å². The van der Waals surface area contributed by atoms with Crippen molar-refractivity contribution in [3.63, 3.8) is 0 Å². The van der Waals surface area contributed by atoms with Gasteiger partial charge < -0.3 is 19.3 Å². The third-order valence-electron chi connectivity index (χ3n) is 8.52. The molecule has 0 radical (unpaired) electrons. The van der Waals surface area contributed by atoms with Crippen LogP contribution in [0, 0.1) is 6.92 Å². The number of anilines is 1. The molecule has 1 N–H and O–H groups in total. The van der Waals surface area contributed by atoms with Crippen LogP contribution in [-0.4, -0.2) is 39.4 Å². The molecule has 40 heavy (non-hydrogen) atoms. The van der Waals surface area contributed by atoms with E-state index in [-0.39, 0.29) is 11.7 Å². The number of carbonyl (C=O) groups is 1. The highest BCUT2D eigenvalue weighted by atomic mass is 35.5. The van der Waals surface area contributed by atoms with Crippen LogP contribution in [0.2, 0.25) is 5.02 Å². The van der Waals surface area contributed by atoms with E-state index in [0.29, 0.717) is 29.6 Å². The Hall–Kier alpha value is -3.20. The summed E-state index contributed by atoms with van der Waals surface area (Å²) in [5, 5.41) is 17.5. The van der Waals surface area contributed by atoms with Crippen LogP contribution in [0.25, 0.3) is 22.5 Å². The Balaban J connectivity index is 1.06. The number of rotatable bonds is 8. The zero-order valence-corrected chi connectivity index (χ0v) is 23.8. The Morgan fingerprint density at radius 1 is 1.12 bits per heavy atom. The van der Waals surface area contributed by atoms with Crippen molar-refractivity contribution in [2.24, 2.45) is 0 Å². The maximum absolute atomic E-state index is 11.2. The van der Waals surface area contributed by atoms with E-state index >= 15 is 0 Å². The molecule has 206 valence electrons. The molecule has 1 aliphatic carbocycles. The minimum Gasteiger partial charge on any atom is -0.478 e. The van der Waals surface area contributed by atoms with Crippen LogP contribution in [0.1, 0.15) is 71.7 Å². The van der Waals surface area contributed by atoms with E-state index in [9.17, 15) is 9.90 Å². The highest BCUT2D eigenvalue weighted by molar-refractivity contribution is 7.14. The first-order valence-corrected chi connectivity index (χ1v) is 15.1. The lowest BCUT2D eigenvalue weighted by atomic mass is 9.99. The molecule has 2 bridgehead atoms. The van der Waals surface area contributed by atoms with Crippen molar-refractivity contribution in [3.8, 4) is 22.5 Å². The van der Waals surface area contributed by atoms with Crippen molar-refractivity contribution in [3.05, 3.63) is 75.3 Å². The summed E-state index contributed by atoms with van der Waals surface area (Å²) in [6.07, 6.45) is 6.62. The second-order valence-electron chi connectivity index (χ2n) is 11.2. The summed E-state index contributed by atoms with van der Waals surface area (Å²) in [5.41, 5.74) is 5.98. The van der Waals surface area contributed by atoms with E-state index in [1.165, 1.54) is 0 Å². The molecule has 9 heteroatoms. The normalized spacial score (nSPS) is 22.1. The summed E-state index contributed by atoms with van der Waals surface area (Å²) in [6, 6.07) is 13.6. The second-order valence-corrected chi connectivity index (χ2v) is 12.4. The van der Waals surface area contributed by atoms with Crippen LogP contribution in [-0.2, 0) is 11.3 Å². The fraction of sp³-hybridized carbons (Fsp3) is 0.387. The number of aromatic nitrogens is 2. The van der Waals surface area contributed by atoms with Crippen LogP contribution in [0.15, 0.2) is 52.4 Å². The summed E-state index contributed by atoms with van der Waals surface area (Å²) in [7, 11) is 0. The predicted octanol–water partition coefficient (Wildman–Crippen LogP) is 7.72. The van der Waals surface area contributed by atoms with Crippen molar-refractivity contribution in [2.45, 2.75) is 76.2 Å². The van der Waals surface area contributed by atoms with Gasteiger partial charge in [-0.1, -0.05) is 41.0 Å². The van der Waals surface area contributed by atoms with Gasteiger partial charge in [0.05, 0.1) is 29.0 Å². The van der Waals surface area contributed by atoms with Gasteiger partial charge in [0.15, 0.2) is 5.13 Å². The van der Waals surface area contributed by atoms with Gasteiger partial charge in [0.25, 0.3) is 0 Å². The van der Waals surface area contributed by atoms with Gasteiger partial charge in [0, 0.05) is 40.1 Å². The molecule has 0 spiro atoms. The monoisotopic (exact) mass is 575 g/mol. The lowest BCUT2D eigenvalue weighted by Gasteiger charge is -2.38. The van der Waals surface area contributed by atoms with Gasteiger partial charge in [-0.05, 0) is 69.2 Å². The second kappa shape index (κ2) is 10.3. The minimum atomic E-state index is -0.921. The molecule has 2 saturated heterocycles. The quantitative estimate of drug-likeness (QED) is 0.230. The van der Waals surface area contributed by atoms with Crippen LogP contribution in [0.4, 0.5) is 5.13 Å². The fourth-order valence-electron chi connectivity index (χ4n) is 6.33. The van der Waals surface area contributed by atoms with E-state index in [2.05, 4.69) is 28.4 Å². The number of aromatic carboxylic acids is 1. The van der Waals surface area contributed by atoms with Crippen LogP contribution in [0.3, 0.4) is 0 Å². The molecule has 2 aliphatic heterocycles. The van der Waals surface area contributed by atoms with Gasteiger partial charge in [0.1, 0.15) is 11.5 Å². The Bertz CT molecular complexity index is 1530. The molecule has 0 amide bonds. The molecule has 7 rings (SSSR count). The molecule has 1 saturated carbocycles. The molecular weight excluding hydrogens is 546 g/mol. The van der Waals surface area contributed by atoms with Gasteiger partial charge in [-0.25, -0.2) is 9.78 Å². The van der Waals surface area contributed by atoms with Crippen LogP contribution < -0.4 is 4.90 Å². The maximum atomic E-state index is 11.2. The van der Waals surface area contributed by atoms with E-state index < -0.39 is 5.97 Å². The lowest BCUT2D eigenvalue weighted by Crippen LogP contribution is -2.45. The average Bonchev–Trinajstić information content (AvgIpc) is 3.42. The van der Waals surface area contributed by atoms with Gasteiger partial charge in [-0.15, -0.1) is 11.3 Å². The SMILES string of the molecule is Cc1cccc(Cl)c1-c1noc(C2CC2)c1COC1C[C@H]2CC[C@@H](C1)N2c1nc(-c2ccc(C(=O)O)cc2)cs1. The highest BCUT2D eigenvalue weighted by Crippen LogP contribution is 2.46. The highest BCUT2D eigenvalue weighted by Gasteiger charge is 2.43. The zero-order valence-electron chi connectivity index (χ0n) is 22.2. The molecule has 4 heterocycles. The Labute approximate surface area is 241 Å². The number of ether oxygens (including phenoxy) is 1. The van der Waals surface area contributed by atoms with Crippen molar-refractivity contribution in [2.75, 3.05) is 4.90 Å². The number of hydrogen-bond acceptors (Lipinski definition) is 7. The number of fused-ring (bicyclic) bond motifs is 2. The Kier molecular flexibility index (Phi) is 6.65. The molecule has 3 fully saturated rings. The van der Waals surface area contributed by atoms with Crippen LogP contribution >= 0.6 is 22.9 Å². The van der Waals surface area contributed by atoms with Gasteiger partial charge in [0.2, 0.25) is 0 Å². The van der Waals surface area contributed by atoms with E-state index in [4.69, 9.17) is 25.8 Å². The van der Waals surface area contributed by atoms with Crippen molar-refractivity contribution in [1.29, 1.82) is 0 Å². The molecule has 3 aliphatic rings. The van der Waals surface area contributed by atoms with Crippen molar-refractivity contribution in [1.82, 2.24) is 10.1 Å². The number of hydrogen-bond donors (Lipinski definition) is 1. The molecule has 3 atom stereocenters.